The molecule has 2 aromatic heterocycles. The standard InChI is InChI=1S/C27H27F2N5O/c1-17-13-18(9-11-30-17)25-20-14-19(7-8-24(20)32-33-25)26(35)31-27(2)10-4-12-34(16-27)15-21-22(28)5-3-6-23(21)29/h3,5-9,11,13-14H,4,10,12,15-16H2,1-2H3,(H,31,35)(H,32,33). The predicted octanol–water partition coefficient (Wildman–Crippen LogP) is 5.00. The number of pyridine rings is 1. The Hall–Kier alpha value is -3.65. The smallest absolute Gasteiger partial charge is 0.251 e. The molecule has 6 nitrogen and oxygen atoms in total. The minimum atomic E-state index is -0.546. The second-order valence-corrected chi connectivity index (χ2v) is 9.55. The summed E-state index contributed by atoms with van der Waals surface area (Å²) in [7, 11) is 0. The van der Waals surface area contributed by atoms with Crippen LogP contribution in [-0.2, 0) is 6.54 Å². The number of aromatic amines is 1. The Morgan fingerprint density at radius 3 is 2.74 bits per heavy atom. The fourth-order valence-corrected chi connectivity index (χ4v) is 4.90. The van der Waals surface area contributed by atoms with Gasteiger partial charge in [-0.15, -0.1) is 0 Å². The van der Waals surface area contributed by atoms with E-state index in [1.54, 1.807) is 12.3 Å². The van der Waals surface area contributed by atoms with Crippen molar-refractivity contribution < 1.29 is 13.6 Å². The molecule has 5 rings (SSSR count). The Bertz CT molecular complexity index is 1380. The van der Waals surface area contributed by atoms with E-state index in [1.807, 2.05) is 43.0 Å². The van der Waals surface area contributed by atoms with Crippen molar-refractivity contribution in [3.05, 3.63) is 83.2 Å². The Kier molecular flexibility index (Phi) is 6.06. The number of halogens is 2. The van der Waals surface area contributed by atoms with Gasteiger partial charge in [0.05, 0.1) is 11.1 Å². The highest BCUT2D eigenvalue weighted by Gasteiger charge is 2.33. The maximum Gasteiger partial charge on any atom is 0.251 e. The number of hydrogen-bond donors (Lipinski definition) is 2. The van der Waals surface area contributed by atoms with Crippen LogP contribution < -0.4 is 5.32 Å². The number of carbonyl (C=O) groups excluding carboxylic acids is 1. The summed E-state index contributed by atoms with van der Waals surface area (Å²) in [5.41, 5.74) is 3.49. The predicted molar refractivity (Wildman–Crippen MR) is 131 cm³/mol. The Morgan fingerprint density at radius 1 is 1.17 bits per heavy atom. The van der Waals surface area contributed by atoms with Gasteiger partial charge in [-0.2, -0.15) is 5.10 Å². The van der Waals surface area contributed by atoms with E-state index in [0.717, 1.165) is 47.2 Å². The molecule has 0 bridgehead atoms. The Balaban J connectivity index is 1.35. The average molecular weight is 476 g/mol. The number of piperidine rings is 1. The summed E-state index contributed by atoms with van der Waals surface area (Å²) in [6, 6.07) is 13.2. The summed E-state index contributed by atoms with van der Waals surface area (Å²) >= 11 is 0. The number of aromatic nitrogens is 3. The summed E-state index contributed by atoms with van der Waals surface area (Å²) in [5, 5.41) is 11.5. The first-order valence-electron chi connectivity index (χ1n) is 11.7. The van der Waals surface area contributed by atoms with Gasteiger partial charge in [0.1, 0.15) is 17.3 Å². The number of carbonyl (C=O) groups is 1. The van der Waals surface area contributed by atoms with Crippen molar-refractivity contribution in [3.8, 4) is 11.3 Å². The molecule has 1 aliphatic heterocycles. The highest BCUT2D eigenvalue weighted by Crippen LogP contribution is 2.28. The van der Waals surface area contributed by atoms with Crippen LogP contribution in [0.2, 0.25) is 0 Å². The molecule has 1 amide bonds. The van der Waals surface area contributed by atoms with E-state index in [0.29, 0.717) is 12.1 Å². The number of nitrogens with zero attached hydrogens (tertiary/aromatic N) is 3. The van der Waals surface area contributed by atoms with Gasteiger partial charge in [0.2, 0.25) is 0 Å². The van der Waals surface area contributed by atoms with Gasteiger partial charge in [0.15, 0.2) is 0 Å². The highest BCUT2D eigenvalue weighted by molar-refractivity contribution is 6.01. The molecule has 3 heterocycles. The first kappa shape index (κ1) is 23.1. The number of likely N-dealkylation sites (tertiary alicyclic amines) is 1. The molecule has 8 heteroatoms. The molecule has 1 unspecified atom stereocenters. The molecule has 0 saturated carbocycles. The molecule has 0 spiro atoms. The number of fused-ring (bicyclic) bond motifs is 1. The third-order valence-electron chi connectivity index (χ3n) is 6.63. The molecule has 1 aliphatic rings. The van der Waals surface area contributed by atoms with Gasteiger partial charge in [-0.05, 0) is 75.7 Å². The van der Waals surface area contributed by atoms with Gasteiger partial charge in [-0.3, -0.25) is 19.8 Å². The van der Waals surface area contributed by atoms with Crippen LogP contribution in [0, 0.1) is 18.6 Å². The minimum absolute atomic E-state index is 0.0624. The largest absolute Gasteiger partial charge is 0.346 e. The monoisotopic (exact) mass is 475 g/mol. The average Bonchev–Trinajstić information content (AvgIpc) is 3.25. The lowest BCUT2D eigenvalue weighted by atomic mass is 9.90. The number of H-pyrrole nitrogens is 1. The zero-order chi connectivity index (χ0) is 24.6. The van der Waals surface area contributed by atoms with E-state index >= 15 is 0 Å². The molecule has 2 aromatic carbocycles. The third-order valence-corrected chi connectivity index (χ3v) is 6.63. The molecule has 1 saturated heterocycles. The fourth-order valence-electron chi connectivity index (χ4n) is 4.90. The SMILES string of the molecule is Cc1cc(-c2n[nH]c3ccc(C(=O)NC4(C)CCCN(Cc5c(F)cccc5F)C4)cc23)ccn1. The highest BCUT2D eigenvalue weighted by atomic mass is 19.1. The molecule has 1 atom stereocenters. The Morgan fingerprint density at radius 2 is 1.97 bits per heavy atom. The van der Waals surface area contributed by atoms with Crippen LogP contribution in [0.15, 0.2) is 54.7 Å². The summed E-state index contributed by atoms with van der Waals surface area (Å²) < 4.78 is 28.3. The van der Waals surface area contributed by atoms with Crippen molar-refractivity contribution >= 4 is 16.8 Å². The van der Waals surface area contributed by atoms with Crippen molar-refractivity contribution in [3.63, 3.8) is 0 Å². The first-order chi connectivity index (χ1) is 16.8. The van der Waals surface area contributed by atoms with Crippen molar-refractivity contribution in [2.45, 2.75) is 38.8 Å². The number of nitrogens with one attached hydrogen (secondary N) is 2. The van der Waals surface area contributed by atoms with Crippen molar-refractivity contribution in [1.29, 1.82) is 0 Å². The summed E-state index contributed by atoms with van der Waals surface area (Å²) in [6.07, 6.45) is 3.34. The second kappa shape index (κ2) is 9.19. The molecular weight excluding hydrogens is 448 g/mol. The molecule has 2 N–H and O–H groups in total. The van der Waals surface area contributed by atoms with Gasteiger partial charge in [0.25, 0.3) is 5.91 Å². The molecule has 1 fully saturated rings. The van der Waals surface area contributed by atoms with Gasteiger partial charge in [-0.1, -0.05) is 6.07 Å². The number of rotatable bonds is 5. The third kappa shape index (κ3) is 4.79. The van der Waals surface area contributed by atoms with Crippen LogP contribution in [0.1, 0.15) is 41.4 Å². The van der Waals surface area contributed by atoms with E-state index in [4.69, 9.17) is 0 Å². The Labute approximate surface area is 202 Å². The number of aryl methyl sites for hydroxylation is 1. The topological polar surface area (TPSA) is 73.9 Å². The van der Waals surface area contributed by atoms with Crippen molar-refractivity contribution in [2.24, 2.45) is 0 Å². The maximum absolute atomic E-state index is 14.2. The molecule has 35 heavy (non-hydrogen) atoms. The van der Waals surface area contributed by atoms with Gasteiger partial charge >= 0.3 is 0 Å². The van der Waals surface area contributed by atoms with E-state index < -0.39 is 17.2 Å². The lowest BCUT2D eigenvalue weighted by molar-refractivity contribution is 0.0795. The van der Waals surface area contributed by atoms with E-state index in [2.05, 4.69) is 20.5 Å². The molecule has 180 valence electrons. The van der Waals surface area contributed by atoms with Crippen LogP contribution in [0.3, 0.4) is 0 Å². The molecule has 0 radical (unpaired) electrons. The number of benzene rings is 2. The minimum Gasteiger partial charge on any atom is -0.346 e. The summed E-state index contributed by atoms with van der Waals surface area (Å²) in [6.45, 7) is 5.29. The molecular formula is C27H27F2N5O. The van der Waals surface area contributed by atoms with Crippen LogP contribution in [0.25, 0.3) is 22.2 Å². The van der Waals surface area contributed by atoms with E-state index in [-0.39, 0.29) is 18.0 Å². The normalized spacial score (nSPS) is 18.6. The van der Waals surface area contributed by atoms with Crippen LogP contribution in [0.4, 0.5) is 8.78 Å². The van der Waals surface area contributed by atoms with E-state index in [1.165, 1.54) is 18.2 Å². The lowest BCUT2D eigenvalue weighted by Gasteiger charge is -2.41. The van der Waals surface area contributed by atoms with Crippen molar-refractivity contribution in [2.75, 3.05) is 13.1 Å². The zero-order valence-corrected chi connectivity index (χ0v) is 19.7. The first-order valence-corrected chi connectivity index (χ1v) is 11.7. The molecule has 0 aliphatic carbocycles. The quantitative estimate of drug-likeness (QED) is 0.426. The number of hydrogen-bond acceptors (Lipinski definition) is 4. The van der Waals surface area contributed by atoms with Gasteiger partial charge < -0.3 is 5.32 Å². The van der Waals surface area contributed by atoms with Gasteiger partial charge in [0, 0.05) is 47.1 Å². The molecule has 4 aromatic rings. The zero-order valence-electron chi connectivity index (χ0n) is 19.7. The van der Waals surface area contributed by atoms with Gasteiger partial charge in [-0.25, -0.2) is 8.78 Å². The van der Waals surface area contributed by atoms with Crippen molar-refractivity contribution in [1.82, 2.24) is 25.4 Å². The fraction of sp³-hybridized carbons (Fsp3) is 0.296. The second-order valence-electron chi connectivity index (χ2n) is 9.55. The van der Waals surface area contributed by atoms with Crippen LogP contribution in [-0.4, -0.2) is 44.6 Å². The van der Waals surface area contributed by atoms with Crippen LogP contribution in [0.5, 0.6) is 0 Å². The van der Waals surface area contributed by atoms with E-state index in [9.17, 15) is 13.6 Å². The summed E-state index contributed by atoms with van der Waals surface area (Å²) in [5.74, 6) is -1.28. The van der Waals surface area contributed by atoms with Crippen LogP contribution >= 0.6 is 0 Å². The lowest BCUT2D eigenvalue weighted by Crippen LogP contribution is -2.56. The maximum atomic E-state index is 14.2. The summed E-state index contributed by atoms with van der Waals surface area (Å²) in [4.78, 5) is 19.5. The number of amides is 1.